The van der Waals surface area contributed by atoms with Crippen molar-refractivity contribution in [2.75, 3.05) is 26.9 Å². The average molecular weight is 532 g/mol. The quantitative estimate of drug-likeness (QED) is 0.324. The topological polar surface area (TPSA) is 75.5 Å². The van der Waals surface area contributed by atoms with E-state index in [4.69, 9.17) is 24.3 Å². The number of Topliss-reactive ketones (excluding diaryl/α,β-unsaturated/α-hetero) is 1. The number of ether oxygens (including phenoxy) is 3. The number of ketones is 1. The van der Waals surface area contributed by atoms with Gasteiger partial charge in [-0.1, -0.05) is 18.2 Å². The summed E-state index contributed by atoms with van der Waals surface area (Å²) in [6.45, 7) is 3.79. The van der Waals surface area contributed by atoms with Crippen molar-refractivity contribution in [2.24, 2.45) is 7.05 Å². The van der Waals surface area contributed by atoms with Crippen LogP contribution in [0.5, 0.6) is 11.6 Å². The highest BCUT2D eigenvalue weighted by Crippen LogP contribution is 2.37. The lowest BCUT2D eigenvalue weighted by molar-refractivity contribution is -0.117. The van der Waals surface area contributed by atoms with Gasteiger partial charge in [0.1, 0.15) is 11.5 Å². The van der Waals surface area contributed by atoms with Gasteiger partial charge < -0.3 is 19.0 Å². The van der Waals surface area contributed by atoms with E-state index in [1.165, 1.54) is 29.7 Å². The summed E-state index contributed by atoms with van der Waals surface area (Å²) in [6, 6.07) is 12.8. The molecule has 39 heavy (non-hydrogen) atoms. The van der Waals surface area contributed by atoms with Crippen LogP contribution in [0.3, 0.4) is 0 Å². The second-order valence-electron chi connectivity index (χ2n) is 11.0. The van der Waals surface area contributed by atoms with Crippen molar-refractivity contribution >= 4 is 5.78 Å². The van der Waals surface area contributed by atoms with Crippen LogP contribution < -0.4 is 9.47 Å². The molecule has 3 aromatic rings. The van der Waals surface area contributed by atoms with Gasteiger partial charge in [-0.25, -0.2) is 4.68 Å². The molecule has 1 aliphatic heterocycles. The third-order valence-corrected chi connectivity index (χ3v) is 8.11. The maximum atomic E-state index is 12.3. The zero-order valence-corrected chi connectivity index (χ0v) is 23.6. The Morgan fingerprint density at radius 3 is 2.72 bits per heavy atom. The highest BCUT2D eigenvalue weighted by Gasteiger charge is 2.24. The van der Waals surface area contributed by atoms with Crippen molar-refractivity contribution in [3.63, 3.8) is 0 Å². The molecular weight excluding hydrogens is 490 g/mol. The number of hydrogen-bond donors (Lipinski definition) is 0. The summed E-state index contributed by atoms with van der Waals surface area (Å²) in [6.07, 6.45) is 8.59. The first-order chi connectivity index (χ1) is 19.0. The number of benzene rings is 1. The molecule has 0 radical (unpaired) electrons. The van der Waals surface area contributed by atoms with Crippen molar-refractivity contribution in [3.05, 3.63) is 70.2 Å². The van der Waals surface area contributed by atoms with E-state index in [0.717, 1.165) is 73.9 Å². The number of pyridine rings is 1. The monoisotopic (exact) mass is 531 g/mol. The molecule has 1 fully saturated rings. The van der Waals surface area contributed by atoms with Crippen molar-refractivity contribution in [1.82, 2.24) is 14.8 Å². The molecule has 1 unspecified atom stereocenters. The number of fused-ring (bicyclic) bond motifs is 1. The predicted octanol–water partition coefficient (Wildman–Crippen LogP) is 5.52. The summed E-state index contributed by atoms with van der Waals surface area (Å²) < 4.78 is 19.2. The van der Waals surface area contributed by atoms with Crippen LogP contribution in [0.25, 0.3) is 0 Å². The summed E-state index contributed by atoms with van der Waals surface area (Å²) in [7, 11) is 3.60. The van der Waals surface area contributed by atoms with E-state index >= 15 is 0 Å². The highest BCUT2D eigenvalue weighted by atomic mass is 16.5. The lowest BCUT2D eigenvalue weighted by Gasteiger charge is -2.25. The fraction of sp³-hybridized carbons (Fsp3) is 0.531. The molecule has 1 aromatic carbocycles. The summed E-state index contributed by atoms with van der Waals surface area (Å²) in [5.41, 5.74) is 7.01. The van der Waals surface area contributed by atoms with Crippen LogP contribution in [0.15, 0.2) is 36.4 Å². The predicted molar refractivity (Wildman–Crippen MR) is 151 cm³/mol. The first-order valence-corrected chi connectivity index (χ1v) is 14.4. The van der Waals surface area contributed by atoms with Crippen molar-refractivity contribution in [3.8, 4) is 11.6 Å². The third-order valence-electron chi connectivity index (χ3n) is 8.11. The van der Waals surface area contributed by atoms with Crippen LogP contribution in [0.2, 0.25) is 0 Å². The van der Waals surface area contributed by atoms with Crippen LogP contribution in [0, 0.1) is 0 Å². The van der Waals surface area contributed by atoms with E-state index in [1.54, 1.807) is 18.7 Å². The van der Waals surface area contributed by atoms with Crippen LogP contribution in [0.1, 0.15) is 84.6 Å². The molecule has 208 valence electrons. The Kier molecular flexibility index (Phi) is 8.97. The first kappa shape index (κ1) is 27.4. The van der Waals surface area contributed by atoms with Gasteiger partial charge in [0, 0.05) is 50.6 Å². The molecule has 7 nitrogen and oxygen atoms in total. The van der Waals surface area contributed by atoms with Gasteiger partial charge in [-0.05, 0) is 92.5 Å². The van der Waals surface area contributed by atoms with Crippen LogP contribution >= 0.6 is 0 Å². The zero-order valence-electron chi connectivity index (χ0n) is 23.6. The van der Waals surface area contributed by atoms with E-state index in [-0.39, 0.29) is 11.7 Å². The second-order valence-corrected chi connectivity index (χ2v) is 11.0. The molecule has 1 aliphatic carbocycles. The van der Waals surface area contributed by atoms with Crippen LogP contribution in [0.4, 0.5) is 0 Å². The van der Waals surface area contributed by atoms with Gasteiger partial charge in [0.15, 0.2) is 0 Å². The van der Waals surface area contributed by atoms with Gasteiger partial charge in [0.2, 0.25) is 5.88 Å². The lowest BCUT2D eigenvalue weighted by atomic mass is 9.84. The average Bonchev–Trinajstić information content (AvgIpc) is 3.30. The zero-order chi connectivity index (χ0) is 27.2. The molecule has 0 bridgehead atoms. The maximum absolute atomic E-state index is 12.3. The normalized spacial score (nSPS) is 16.5. The van der Waals surface area contributed by atoms with Crippen molar-refractivity contribution in [1.29, 1.82) is 0 Å². The Bertz CT molecular complexity index is 1280. The molecule has 0 amide bonds. The number of carbonyl (C=O) groups is 1. The number of hydrogen-bond acceptors (Lipinski definition) is 6. The SMILES string of the molecule is COc1ccc(C2CCOCC2)cc1C(CC(C)=O)Cc1cc(OCCc2ccc3c(n2)CCCC3)n(C)n1. The lowest BCUT2D eigenvalue weighted by Crippen LogP contribution is -2.15. The summed E-state index contributed by atoms with van der Waals surface area (Å²) in [5, 5.41) is 4.74. The Labute approximate surface area is 231 Å². The second kappa shape index (κ2) is 12.8. The van der Waals surface area contributed by atoms with Gasteiger partial charge >= 0.3 is 0 Å². The fourth-order valence-electron chi connectivity index (χ4n) is 6.02. The third kappa shape index (κ3) is 6.88. The van der Waals surface area contributed by atoms with E-state index in [9.17, 15) is 4.79 Å². The van der Waals surface area contributed by atoms with Gasteiger partial charge in [0.25, 0.3) is 0 Å². The molecule has 7 heteroatoms. The number of nitrogens with zero attached hydrogens (tertiary/aromatic N) is 3. The minimum absolute atomic E-state index is 0.0281. The fourth-order valence-corrected chi connectivity index (χ4v) is 6.02. The largest absolute Gasteiger partial charge is 0.496 e. The smallest absolute Gasteiger partial charge is 0.211 e. The van der Waals surface area contributed by atoms with Gasteiger partial charge in [0.05, 0.1) is 19.4 Å². The molecule has 1 atom stereocenters. The number of carbonyl (C=O) groups excluding carboxylic acids is 1. The van der Waals surface area contributed by atoms with E-state index < -0.39 is 0 Å². The minimum Gasteiger partial charge on any atom is -0.496 e. The number of rotatable bonds is 11. The first-order valence-electron chi connectivity index (χ1n) is 14.4. The number of aromatic nitrogens is 3. The Hall–Kier alpha value is -3.19. The molecule has 3 heterocycles. The van der Waals surface area contributed by atoms with Crippen molar-refractivity contribution < 1.29 is 19.0 Å². The van der Waals surface area contributed by atoms with E-state index in [2.05, 4.69) is 30.3 Å². The molecule has 2 aromatic heterocycles. The number of methoxy groups -OCH3 is 1. The standard InChI is InChI=1S/C32H41N3O4/c1-22(36)18-26(29-20-25(9-11-31(29)37-3)23-12-15-38-16-13-23)19-28-21-32(35(2)34-28)39-17-14-27-10-8-24-6-4-5-7-30(24)33-27/h8-11,20-21,23,26H,4-7,12-19H2,1-3H3. The molecule has 0 N–H and O–H groups in total. The summed E-state index contributed by atoms with van der Waals surface area (Å²) in [4.78, 5) is 17.2. The Morgan fingerprint density at radius 2 is 1.92 bits per heavy atom. The molecule has 5 rings (SSSR count). The van der Waals surface area contributed by atoms with Crippen LogP contribution in [-0.2, 0) is 42.3 Å². The highest BCUT2D eigenvalue weighted by molar-refractivity contribution is 5.76. The van der Waals surface area contributed by atoms with E-state index in [0.29, 0.717) is 25.4 Å². The molecule has 0 saturated carbocycles. The Balaban J connectivity index is 1.28. The van der Waals surface area contributed by atoms with Crippen LogP contribution in [-0.4, -0.2) is 47.5 Å². The number of aryl methyl sites for hydroxylation is 3. The molecular formula is C32H41N3O4. The molecule has 0 spiro atoms. The van der Waals surface area contributed by atoms with Gasteiger partial charge in [-0.3, -0.25) is 4.98 Å². The molecule has 2 aliphatic rings. The van der Waals surface area contributed by atoms with E-state index in [1.807, 2.05) is 13.1 Å². The minimum atomic E-state index is -0.0281. The summed E-state index contributed by atoms with van der Waals surface area (Å²) in [5.74, 6) is 2.15. The van der Waals surface area contributed by atoms with Crippen molar-refractivity contribution in [2.45, 2.75) is 76.5 Å². The Morgan fingerprint density at radius 1 is 1.10 bits per heavy atom. The van der Waals surface area contributed by atoms with Gasteiger partial charge in [-0.2, -0.15) is 5.10 Å². The van der Waals surface area contributed by atoms with Gasteiger partial charge in [-0.15, -0.1) is 0 Å². The summed E-state index contributed by atoms with van der Waals surface area (Å²) >= 11 is 0. The molecule has 1 saturated heterocycles. The maximum Gasteiger partial charge on any atom is 0.211 e.